The van der Waals surface area contributed by atoms with E-state index in [0.717, 1.165) is 34.4 Å². The molecule has 0 aliphatic rings. The van der Waals surface area contributed by atoms with Crippen molar-refractivity contribution >= 4 is 22.2 Å². The maximum absolute atomic E-state index is 5.61. The molecule has 1 heterocycles. The van der Waals surface area contributed by atoms with Crippen molar-refractivity contribution in [3.63, 3.8) is 0 Å². The highest BCUT2D eigenvalue weighted by atomic mass is 32.1. The van der Waals surface area contributed by atoms with Crippen molar-refractivity contribution in [2.45, 2.75) is 20.3 Å². The lowest BCUT2D eigenvalue weighted by atomic mass is 10.2. The van der Waals surface area contributed by atoms with Gasteiger partial charge in [0.05, 0.1) is 18.9 Å². The van der Waals surface area contributed by atoms with E-state index in [4.69, 9.17) is 15.2 Å². The van der Waals surface area contributed by atoms with E-state index in [9.17, 15) is 0 Å². The Kier molecular flexibility index (Phi) is 5.83. The van der Waals surface area contributed by atoms with E-state index in [1.54, 1.807) is 11.3 Å². The maximum Gasteiger partial charge on any atom is 0.187 e. The van der Waals surface area contributed by atoms with Crippen LogP contribution in [0.25, 0.3) is 0 Å². The van der Waals surface area contributed by atoms with Gasteiger partial charge in [-0.05, 0) is 32.5 Å². The lowest BCUT2D eigenvalue weighted by Crippen LogP contribution is -2.03. The second-order valence-corrected chi connectivity index (χ2v) is 5.19. The van der Waals surface area contributed by atoms with Crippen LogP contribution in [0.5, 0.6) is 11.5 Å². The smallest absolute Gasteiger partial charge is 0.187 e. The number of anilines is 2. The molecule has 0 unspecified atom stereocenters. The molecular weight excluding hydrogens is 286 g/mol. The molecule has 1 aromatic carbocycles. The highest BCUT2D eigenvalue weighted by Gasteiger charge is 2.08. The van der Waals surface area contributed by atoms with Crippen LogP contribution in [0.15, 0.2) is 23.6 Å². The molecule has 0 atom stereocenters. The first-order valence-electron chi connectivity index (χ1n) is 7.08. The summed E-state index contributed by atoms with van der Waals surface area (Å²) >= 11 is 1.57. The fourth-order valence-corrected chi connectivity index (χ4v) is 2.64. The van der Waals surface area contributed by atoms with Gasteiger partial charge in [0.2, 0.25) is 0 Å². The third-order valence-corrected chi connectivity index (χ3v) is 3.55. The summed E-state index contributed by atoms with van der Waals surface area (Å²) in [5, 5.41) is 6.15. The largest absolute Gasteiger partial charge is 0.490 e. The fraction of sp³-hybridized carbons (Fsp3) is 0.400. The molecule has 0 spiro atoms. The number of nitrogens with zero attached hydrogens (tertiary/aromatic N) is 1. The summed E-state index contributed by atoms with van der Waals surface area (Å²) < 4.78 is 11.2. The van der Waals surface area contributed by atoms with E-state index in [1.807, 2.05) is 37.4 Å². The zero-order chi connectivity index (χ0) is 15.1. The summed E-state index contributed by atoms with van der Waals surface area (Å²) in [5.41, 5.74) is 7.48. The Morgan fingerprint density at radius 2 is 1.95 bits per heavy atom. The highest BCUT2D eigenvalue weighted by molar-refractivity contribution is 7.13. The van der Waals surface area contributed by atoms with Gasteiger partial charge in [0, 0.05) is 23.6 Å². The van der Waals surface area contributed by atoms with Gasteiger partial charge in [-0.3, -0.25) is 0 Å². The summed E-state index contributed by atoms with van der Waals surface area (Å²) in [6.07, 6.45) is 0.797. The van der Waals surface area contributed by atoms with E-state index < -0.39 is 0 Å². The SMILES string of the molecule is CCOc1ccc(Nc2nc(CCN)cs2)cc1OCC. The van der Waals surface area contributed by atoms with Gasteiger partial charge in [0.15, 0.2) is 16.6 Å². The van der Waals surface area contributed by atoms with Crippen molar-refractivity contribution < 1.29 is 9.47 Å². The van der Waals surface area contributed by atoms with Gasteiger partial charge in [0.25, 0.3) is 0 Å². The zero-order valence-corrected chi connectivity index (χ0v) is 13.2. The molecule has 0 fully saturated rings. The summed E-state index contributed by atoms with van der Waals surface area (Å²) in [4.78, 5) is 4.49. The molecule has 1 aromatic heterocycles. The molecule has 0 amide bonds. The van der Waals surface area contributed by atoms with Crippen molar-refractivity contribution in [3.8, 4) is 11.5 Å². The zero-order valence-electron chi connectivity index (χ0n) is 12.4. The minimum atomic E-state index is 0.599. The van der Waals surface area contributed by atoms with Crippen molar-refractivity contribution in [3.05, 3.63) is 29.3 Å². The first-order chi connectivity index (χ1) is 10.3. The number of benzene rings is 1. The van der Waals surface area contributed by atoms with Crippen LogP contribution < -0.4 is 20.5 Å². The van der Waals surface area contributed by atoms with Gasteiger partial charge < -0.3 is 20.5 Å². The maximum atomic E-state index is 5.61. The Bertz CT molecular complexity index is 572. The molecule has 21 heavy (non-hydrogen) atoms. The minimum absolute atomic E-state index is 0.599. The second-order valence-electron chi connectivity index (χ2n) is 4.34. The monoisotopic (exact) mass is 307 g/mol. The average Bonchev–Trinajstić information content (AvgIpc) is 2.90. The first-order valence-corrected chi connectivity index (χ1v) is 7.96. The Hall–Kier alpha value is -1.79. The molecule has 0 aliphatic carbocycles. The van der Waals surface area contributed by atoms with E-state index in [-0.39, 0.29) is 0 Å². The number of nitrogens with one attached hydrogen (secondary N) is 1. The third-order valence-electron chi connectivity index (χ3n) is 2.75. The first kappa shape index (κ1) is 15.6. The van der Waals surface area contributed by atoms with Crippen LogP contribution in [-0.2, 0) is 6.42 Å². The number of aromatic nitrogens is 1. The summed E-state index contributed by atoms with van der Waals surface area (Å²) in [7, 11) is 0. The minimum Gasteiger partial charge on any atom is -0.490 e. The number of thiazole rings is 1. The predicted molar refractivity (Wildman–Crippen MR) is 86.9 cm³/mol. The van der Waals surface area contributed by atoms with Gasteiger partial charge in [-0.15, -0.1) is 11.3 Å². The topological polar surface area (TPSA) is 69.4 Å². The quantitative estimate of drug-likeness (QED) is 0.784. The normalized spacial score (nSPS) is 10.4. The number of nitrogens with two attached hydrogens (primary N) is 1. The van der Waals surface area contributed by atoms with Gasteiger partial charge in [0.1, 0.15) is 0 Å². The van der Waals surface area contributed by atoms with Gasteiger partial charge in [-0.2, -0.15) is 0 Å². The van der Waals surface area contributed by atoms with Crippen LogP contribution in [0, 0.1) is 0 Å². The Morgan fingerprint density at radius 1 is 1.19 bits per heavy atom. The van der Waals surface area contributed by atoms with Crippen LogP contribution in [-0.4, -0.2) is 24.7 Å². The van der Waals surface area contributed by atoms with Crippen LogP contribution in [0.4, 0.5) is 10.8 Å². The molecular formula is C15H21N3O2S. The molecule has 3 N–H and O–H groups in total. The van der Waals surface area contributed by atoms with E-state index in [2.05, 4.69) is 10.3 Å². The van der Waals surface area contributed by atoms with Crippen molar-refractivity contribution in [2.75, 3.05) is 25.1 Å². The predicted octanol–water partition coefficient (Wildman–Crippen LogP) is 3.19. The highest BCUT2D eigenvalue weighted by Crippen LogP contribution is 2.32. The fourth-order valence-electron chi connectivity index (χ4n) is 1.88. The molecule has 114 valence electrons. The molecule has 0 bridgehead atoms. The Labute approximate surface area is 129 Å². The lowest BCUT2D eigenvalue weighted by molar-refractivity contribution is 0.288. The Balaban J connectivity index is 2.13. The summed E-state index contributed by atoms with van der Waals surface area (Å²) in [6, 6.07) is 5.79. The van der Waals surface area contributed by atoms with E-state index >= 15 is 0 Å². The summed E-state index contributed by atoms with van der Waals surface area (Å²) in [5.74, 6) is 1.50. The second kappa shape index (κ2) is 7.85. The number of hydrogen-bond acceptors (Lipinski definition) is 6. The van der Waals surface area contributed by atoms with Crippen molar-refractivity contribution in [1.29, 1.82) is 0 Å². The van der Waals surface area contributed by atoms with E-state index in [0.29, 0.717) is 19.8 Å². The molecule has 2 rings (SSSR count). The third kappa shape index (κ3) is 4.34. The standard InChI is InChI=1S/C15H21N3O2S/c1-3-19-13-6-5-11(9-14(13)20-4-2)17-15-18-12(7-8-16)10-21-15/h5-6,9-10H,3-4,7-8,16H2,1-2H3,(H,17,18). The molecule has 0 saturated heterocycles. The molecule has 0 radical (unpaired) electrons. The molecule has 5 nitrogen and oxygen atoms in total. The average molecular weight is 307 g/mol. The number of ether oxygens (including phenoxy) is 2. The van der Waals surface area contributed by atoms with Crippen LogP contribution in [0.2, 0.25) is 0 Å². The van der Waals surface area contributed by atoms with Crippen LogP contribution >= 0.6 is 11.3 Å². The summed E-state index contributed by atoms with van der Waals surface area (Å²) in [6.45, 7) is 5.73. The molecule has 6 heteroatoms. The lowest BCUT2D eigenvalue weighted by Gasteiger charge is -2.12. The molecule has 2 aromatic rings. The van der Waals surface area contributed by atoms with Crippen LogP contribution in [0.3, 0.4) is 0 Å². The Morgan fingerprint density at radius 3 is 2.67 bits per heavy atom. The number of hydrogen-bond donors (Lipinski definition) is 2. The molecule has 0 saturated carbocycles. The van der Waals surface area contributed by atoms with Crippen molar-refractivity contribution in [1.82, 2.24) is 4.98 Å². The van der Waals surface area contributed by atoms with Gasteiger partial charge in [-0.1, -0.05) is 0 Å². The van der Waals surface area contributed by atoms with Crippen LogP contribution in [0.1, 0.15) is 19.5 Å². The molecule has 0 aliphatic heterocycles. The number of rotatable bonds is 8. The van der Waals surface area contributed by atoms with Crippen molar-refractivity contribution in [2.24, 2.45) is 5.73 Å². The van der Waals surface area contributed by atoms with Gasteiger partial charge >= 0.3 is 0 Å². The van der Waals surface area contributed by atoms with Gasteiger partial charge in [-0.25, -0.2) is 4.98 Å². The van der Waals surface area contributed by atoms with E-state index in [1.165, 1.54) is 0 Å².